The number of carboxylic acids is 1. The number of rotatable bonds is 69. The molecule has 0 amide bonds. The topological polar surface area (TPSA) is 108 Å². The van der Waals surface area contributed by atoms with Crippen molar-refractivity contribution in [2.24, 2.45) is 0 Å². The van der Waals surface area contributed by atoms with Crippen molar-refractivity contribution >= 4 is 17.9 Å². The van der Waals surface area contributed by atoms with Crippen molar-refractivity contribution < 1.29 is 42.9 Å². The summed E-state index contributed by atoms with van der Waals surface area (Å²) in [4.78, 5) is 37.6. The Kier molecular flexibility index (Phi) is 62.9. The maximum Gasteiger partial charge on any atom is 0.361 e. The molecule has 0 aromatic heterocycles. The lowest BCUT2D eigenvalue weighted by Crippen LogP contribution is -2.40. The Morgan fingerprint density at radius 1 is 0.321 bits per heavy atom. The number of nitrogens with zero attached hydrogens (tertiary/aromatic N) is 1. The zero-order valence-corrected chi connectivity index (χ0v) is 55.2. The van der Waals surface area contributed by atoms with Gasteiger partial charge in [0.15, 0.2) is 6.10 Å². The van der Waals surface area contributed by atoms with Gasteiger partial charge in [-0.25, -0.2) is 4.79 Å². The molecule has 1 N–H and O–H groups in total. The van der Waals surface area contributed by atoms with Crippen LogP contribution in [0, 0.1) is 0 Å². The Bertz CT molecular complexity index is 1290. The first-order chi connectivity index (χ1) is 39.6. The molecule has 0 bridgehead atoms. The van der Waals surface area contributed by atoms with Crippen LogP contribution < -0.4 is 0 Å². The van der Waals surface area contributed by atoms with Gasteiger partial charge in [0.1, 0.15) is 13.2 Å². The summed E-state index contributed by atoms with van der Waals surface area (Å²) in [5.41, 5.74) is 0. The number of aliphatic carboxylic acids is 1. The second-order valence-electron chi connectivity index (χ2n) is 26.3. The van der Waals surface area contributed by atoms with Crippen molar-refractivity contribution in [3.8, 4) is 0 Å². The molecule has 0 rings (SSSR count). The minimum Gasteiger partial charge on any atom is -0.477 e. The second-order valence-corrected chi connectivity index (χ2v) is 26.3. The Labute approximate surface area is 504 Å². The second kappa shape index (κ2) is 64.3. The lowest BCUT2D eigenvalue weighted by atomic mass is 10.0. The highest BCUT2D eigenvalue weighted by molar-refractivity contribution is 5.71. The van der Waals surface area contributed by atoms with Crippen molar-refractivity contribution in [1.82, 2.24) is 0 Å². The van der Waals surface area contributed by atoms with E-state index < -0.39 is 18.4 Å². The van der Waals surface area contributed by atoms with E-state index >= 15 is 0 Å². The number of quaternary nitrogens is 1. The van der Waals surface area contributed by atoms with Crippen molar-refractivity contribution in [3.63, 3.8) is 0 Å². The zero-order valence-electron chi connectivity index (χ0n) is 55.2. The van der Waals surface area contributed by atoms with Gasteiger partial charge < -0.3 is 28.5 Å². The number of unbranched alkanes of at least 4 members (excludes halogenated alkanes) is 54. The highest BCUT2D eigenvalue weighted by atomic mass is 16.7. The molecule has 0 heterocycles. The molecule has 0 aromatic rings. The van der Waals surface area contributed by atoms with E-state index in [0.29, 0.717) is 17.4 Å². The predicted molar refractivity (Wildman–Crippen MR) is 346 cm³/mol. The Morgan fingerprint density at radius 2 is 0.556 bits per heavy atom. The number of hydrogen-bond donors (Lipinski definition) is 1. The molecule has 81 heavy (non-hydrogen) atoms. The maximum absolute atomic E-state index is 12.9. The van der Waals surface area contributed by atoms with Crippen LogP contribution in [0.4, 0.5) is 0 Å². The van der Waals surface area contributed by atoms with Crippen LogP contribution in [0.5, 0.6) is 0 Å². The molecule has 0 radical (unpaired) electrons. The van der Waals surface area contributed by atoms with Gasteiger partial charge in [-0.3, -0.25) is 9.59 Å². The van der Waals surface area contributed by atoms with Gasteiger partial charge in [0.05, 0.1) is 34.4 Å². The molecule has 482 valence electrons. The first-order valence-electron chi connectivity index (χ1n) is 36.2. The number of carbonyl (C=O) groups is 3. The number of esters is 2. The molecular formula is C72H142NO8+. The van der Waals surface area contributed by atoms with E-state index in [1.807, 2.05) is 21.1 Å². The molecule has 2 unspecified atom stereocenters. The molecule has 0 fully saturated rings. The van der Waals surface area contributed by atoms with E-state index in [1.165, 1.54) is 321 Å². The van der Waals surface area contributed by atoms with Crippen LogP contribution >= 0.6 is 0 Å². The number of likely N-dealkylation sites (N-methyl/N-ethyl adjacent to an activating group) is 1. The molecule has 0 saturated carbocycles. The van der Waals surface area contributed by atoms with Gasteiger partial charge in [0.25, 0.3) is 6.29 Å². The molecule has 0 saturated heterocycles. The van der Waals surface area contributed by atoms with Crippen molar-refractivity contribution in [2.45, 2.75) is 399 Å². The summed E-state index contributed by atoms with van der Waals surface area (Å²) in [6, 6.07) is 0. The van der Waals surface area contributed by atoms with Crippen LogP contribution in [0.15, 0.2) is 0 Å². The van der Waals surface area contributed by atoms with Crippen LogP contribution in [0.3, 0.4) is 0 Å². The minimum atomic E-state index is -1.50. The fraction of sp³-hybridized carbons (Fsp3) is 0.958. The molecule has 0 aromatic carbocycles. The standard InChI is InChI=1S/C72H141NO8/c1-6-8-10-12-14-16-18-20-22-24-26-28-30-32-34-35-36-37-39-41-43-45-47-49-51-53-55-57-59-61-63-70(75)81-68(67-80-72(71(76)77)78-65-64-73(3,4)5)66-79-69(74)62-60-58-56-54-52-50-48-46-44-42-40-38-33-31-29-27-25-23-21-19-17-15-13-11-9-7-2/h68,72H,6-67H2,1-5H3/p+1. The molecule has 0 aliphatic carbocycles. The minimum absolute atomic E-state index is 0.172. The van der Waals surface area contributed by atoms with Crippen molar-refractivity contribution in [3.05, 3.63) is 0 Å². The van der Waals surface area contributed by atoms with E-state index in [4.69, 9.17) is 18.9 Å². The third-order valence-corrected chi connectivity index (χ3v) is 16.9. The Hall–Kier alpha value is -1.71. The average molecular weight is 1150 g/mol. The number of ether oxygens (including phenoxy) is 4. The summed E-state index contributed by atoms with van der Waals surface area (Å²) >= 11 is 0. The summed E-state index contributed by atoms with van der Waals surface area (Å²) in [7, 11) is 6.00. The quantitative estimate of drug-likeness (QED) is 0.0278. The lowest BCUT2D eigenvalue weighted by molar-refractivity contribution is -0.870. The van der Waals surface area contributed by atoms with Crippen LogP contribution in [0.1, 0.15) is 386 Å². The van der Waals surface area contributed by atoms with E-state index in [2.05, 4.69) is 13.8 Å². The molecule has 0 aliphatic heterocycles. The van der Waals surface area contributed by atoms with Crippen LogP contribution in [0.2, 0.25) is 0 Å². The largest absolute Gasteiger partial charge is 0.477 e. The molecule has 2 atom stereocenters. The lowest BCUT2D eigenvalue weighted by Gasteiger charge is -2.25. The molecule has 9 nitrogen and oxygen atoms in total. The van der Waals surface area contributed by atoms with E-state index in [-0.39, 0.29) is 38.2 Å². The van der Waals surface area contributed by atoms with Gasteiger partial charge in [-0.15, -0.1) is 0 Å². The first kappa shape index (κ1) is 79.3. The molecule has 0 spiro atoms. The molecule has 9 heteroatoms. The Morgan fingerprint density at radius 3 is 0.790 bits per heavy atom. The van der Waals surface area contributed by atoms with Gasteiger partial charge in [0.2, 0.25) is 0 Å². The number of hydrogen-bond acceptors (Lipinski definition) is 7. The highest BCUT2D eigenvalue weighted by Crippen LogP contribution is 2.20. The van der Waals surface area contributed by atoms with Crippen LogP contribution in [-0.4, -0.2) is 87.4 Å². The van der Waals surface area contributed by atoms with E-state index in [1.54, 1.807) is 0 Å². The van der Waals surface area contributed by atoms with E-state index in [9.17, 15) is 19.5 Å². The third-order valence-electron chi connectivity index (χ3n) is 16.9. The number of carbonyl (C=O) groups excluding carboxylic acids is 2. The summed E-state index contributed by atoms with van der Waals surface area (Å²) in [6.07, 6.45) is 73.8. The summed E-state index contributed by atoms with van der Waals surface area (Å²) in [5, 5.41) is 9.75. The normalized spacial score (nSPS) is 12.6. The summed E-state index contributed by atoms with van der Waals surface area (Å²) < 4.78 is 23.0. The smallest absolute Gasteiger partial charge is 0.361 e. The Balaban J connectivity index is 4.02. The maximum atomic E-state index is 12.9. The SMILES string of the molecule is CCCCCCCCCCCCCCCCCCCCCCCCCCCCCCCCC(=O)OC(COC(=O)CCCCCCCCCCCCCCCCCCCCCCCCCCCC)COC(OCC[N+](C)(C)C)C(=O)O. The van der Waals surface area contributed by atoms with Gasteiger partial charge in [-0.1, -0.05) is 361 Å². The number of carboxylic acid groups (broad SMARTS) is 1. The van der Waals surface area contributed by atoms with Gasteiger partial charge in [0, 0.05) is 12.8 Å². The molecule has 0 aliphatic rings. The van der Waals surface area contributed by atoms with Crippen molar-refractivity contribution in [2.75, 3.05) is 47.5 Å². The van der Waals surface area contributed by atoms with Gasteiger partial charge in [-0.2, -0.15) is 0 Å². The predicted octanol–water partition coefficient (Wildman–Crippen LogP) is 22.3. The fourth-order valence-electron chi connectivity index (χ4n) is 11.3. The zero-order chi connectivity index (χ0) is 59.1. The van der Waals surface area contributed by atoms with Gasteiger partial charge in [-0.05, 0) is 12.8 Å². The van der Waals surface area contributed by atoms with Crippen LogP contribution in [0.25, 0.3) is 0 Å². The van der Waals surface area contributed by atoms with E-state index in [0.717, 1.165) is 38.5 Å². The van der Waals surface area contributed by atoms with Gasteiger partial charge >= 0.3 is 17.9 Å². The van der Waals surface area contributed by atoms with Crippen molar-refractivity contribution in [1.29, 1.82) is 0 Å². The average Bonchev–Trinajstić information content (AvgIpc) is 3.44. The third kappa shape index (κ3) is 65.7. The molecular weight excluding hydrogens is 1010 g/mol. The summed E-state index contributed by atoms with van der Waals surface area (Å²) in [5.74, 6) is -1.96. The fourth-order valence-corrected chi connectivity index (χ4v) is 11.3. The monoisotopic (exact) mass is 1150 g/mol. The van der Waals surface area contributed by atoms with Crippen LogP contribution in [-0.2, 0) is 33.3 Å². The summed E-state index contributed by atoms with van der Waals surface area (Å²) in [6.45, 7) is 4.98. The first-order valence-corrected chi connectivity index (χ1v) is 36.2. The highest BCUT2D eigenvalue weighted by Gasteiger charge is 2.25.